The van der Waals surface area contributed by atoms with E-state index < -0.39 is 24.0 Å². The molecule has 1 aromatic carbocycles. The second-order valence-corrected chi connectivity index (χ2v) is 4.36. The van der Waals surface area contributed by atoms with E-state index in [1.54, 1.807) is 6.92 Å². The van der Waals surface area contributed by atoms with Gasteiger partial charge < -0.3 is 14.2 Å². The van der Waals surface area contributed by atoms with Gasteiger partial charge in [0.1, 0.15) is 24.3 Å². The first-order valence-corrected chi connectivity index (χ1v) is 6.35. The number of ether oxygens (including phenoxy) is 3. The van der Waals surface area contributed by atoms with E-state index in [-0.39, 0.29) is 25.5 Å². The molecular formula is C14H15FO5. The molecule has 0 bridgehead atoms. The summed E-state index contributed by atoms with van der Waals surface area (Å²) in [7, 11) is 0. The van der Waals surface area contributed by atoms with Gasteiger partial charge in [0, 0.05) is 6.42 Å². The Kier molecular flexibility index (Phi) is 4.55. The number of esters is 2. The molecule has 1 saturated heterocycles. The molecule has 2 atom stereocenters. The molecule has 0 spiro atoms. The Labute approximate surface area is 115 Å². The van der Waals surface area contributed by atoms with Crippen LogP contribution in [0.2, 0.25) is 0 Å². The lowest BCUT2D eigenvalue weighted by Crippen LogP contribution is -2.21. The summed E-state index contributed by atoms with van der Waals surface area (Å²) < 4.78 is 27.9. The molecule has 0 saturated carbocycles. The third-order valence-corrected chi connectivity index (χ3v) is 2.89. The van der Waals surface area contributed by atoms with Crippen LogP contribution in [-0.2, 0) is 19.1 Å². The second kappa shape index (κ2) is 6.36. The molecule has 0 amide bonds. The number of cyclic esters (lactones) is 1. The van der Waals surface area contributed by atoms with E-state index in [9.17, 15) is 14.0 Å². The zero-order valence-electron chi connectivity index (χ0n) is 11.0. The number of carbonyl (C=O) groups excluding carboxylic acids is 2. The van der Waals surface area contributed by atoms with Crippen molar-refractivity contribution in [3.63, 3.8) is 0 Å². The molecule has 6 heteroatoms. The molecule has 0 aromatic heterocycles. The lowest BCUT2D eigenvalue weighted by atomic mass is 10.1. The van der Waals surface area contributed by atoms with Crippen molar-refractivity contribution in [3.8, 4) is 5.75 Å². The molecular weight excluding hydrogens is 267 g/mol. The highest BCUT2D eigenvalue weighted by molar-refractivity contribution is 5.96. The second-order valence-electron chi connectivity index (χ2n) is 4.36. The topological polar surface area (TPSA) is 61.8 Å². The van der Waals surface area contributed by atoms with Crippen molar-refractivity contribution in [3.05, 3.63) is 30.1 Å². The Morgan fingerprint density at radius 2 is 2.10 bits per heavy atom. The van der Waals surface area contributed by atoms with Crippen LogP contribution in [0.1, 0.15) is 13.3 Å². The molecule has 108 valence electrons. The highest BCUT2D eigenvalue weighted by Gasteiger charge is 2.40. The minimum atomic E-state index is -0.878. The van der Waals surface area contributed by atoms with Crippen molar-refractivity contribution < 1.29 is 28.2 Å². The predicted octanol–water partition coefficient (Wildman–Crippen LogP) is 1.70. The molecule has 0 N–H and O–H groups in total. The lowest BCUT2D eigenvalue weighted by molar-refractivity contribution is -0.156. The molecule has 0 radical (unpaired) electrons. The molecule has 5 nitrogen and oxygen atoms in total. The van der Waals surface area contributed by atoms with Crippen molar-refractivity contribution >= 4 is 11.9 Å². The van der Waals surface area contributed by atoms with Crippen LogP contribution in [0.25, 0.3) is 0 Å². The molecule has 2 unspecified atom stereocenters. The Morgan fingerprint density at radius 1 is 1.40 bits per heavy atom. The van der Waals surface area contributed by atoms with E-state index in [1.165, 1.54) is 24.3 Å². The molecule has 1 aromatic rings. The van der Waals surface area contributed by atoms with E-state index in [1.807, 2.05) is 0 Å². The highest BCUT2D eigenvalue weighted by Crippen LogP contribution is 2.23. The van der Waals surface area contributed by atoms with Gasteiger partial charge in [-0.1, -0.05) is 0 Å². The molecule has 0 aliphatic carbocycles. The van der Waals surface area contributed by atoms with Gasteiger partial charge in [-0.05, 0) is 31.2 Å². The van der Waals surface area contributed by atoms with E-state index in [0.717, 1.165) is 0 Å². The van der Waals surface area contributed by atoms with Crippen LogP contribution in [0, 0.1) is 11.7 Å². The smallest absolute Gasteiger partial charge is 0.320 e. The number of hydrogen-bond donors (Lipinski definition) is 0. The van der Waals surface area contributed by atoms with E-state index >= 15 is 0 Å². The quantitative estimate of drug-likeness (QED) is 0.607. The summed E-state index contributed by atoms with van der Waals surface area (Å²) in [5, 5.41) is 0. The van der Waals surface area contributed by atoms with Crippen LogP contribution in [0.5, 0.6) is 5.75 Å². The summed E-state index contributed by atoms with van der Waals surface area (Å²) in [6, 6.07) is 5.51. The van der Waals surface area contributed by atoms with Crippen molar-refractivity contribution in [1.29, 1.82) is 0 Å². The van der Waals surface area contributed by atoms with Gasteiger partial charge in [0.2, 0.25) is 0 Å². The van der Waals surface area contributed by atoms with Crippen molar-refractivity contribution in [2.75, 3.05) is 13.2 Å². The number of halogens is 1. The van der Waals surface area contributed by atoms with Gasteiger partial charge in [0.25, 0.3) is 0 Å². The number of carbonyl (C=O) groups is 2. The van der Waals surface area contributed by atoms with E-state index in [0.29, 0.717) is 5.75 Å². The maximum atomic E-state index is 12.7. The fourth-order valence-electron chi connectivity index (χ4n) is 1.91. The number of rotatable bonds is 5. The van der Waals surface area contributed by atoms with Crippen LogP contribution in [-0.4, -0.2) is 31.3 Å². The van der Waals surface area contributed by atoms with Crippen LogP contribution in [0.3, 0.4) is 0 Å². The van der Waals surface area contributed by atoms with E-state index in [4.69, 9.17) is 14.2 Å². The summed E-state index contributed by atoms with van der Waals surface area (Å²) in [6.07, 6.45) is -0.263. The highest BCUT2D eigenvalue weighted by atomic mass is 19.1. The van der Waals surface area contributed by atoms with Crippen LogP contribution < -0.4 is 4.74 Å². The predicted molar refractivity (Wildman–Crippen MR) is 66.5 cm³/mol. The molecule has 1 heterocycles. The zero-order valence-corrected chi connectivity index (χ0v) is 11.0. The minimum Gasteiger partial charge on any atom is -0.490 e. The van der Waals surface area contributed by atoms with Crippen LogP contribution in [0.4, 0.5) is 4.39 Å². The maximum absolute atomic E-state index is 12.7. The number of benzene rings is 1. The fraction of sp³-hybridized carbons (Fsp3) is 0.429. The largest absolute Gasteiger partial charge is 0.490 e. The van der Waals surface area contributed by atoms with Gasteiger partial charge in [-0.3, -0.25) is 9.59 Å². The standard InChI is InChI=1S/C14H15FO5/c1-2-18-13(16)12-7-11(20-14(12)17)8-19-10-5-3-9(15)4-6-10/h3-6,11-12H,2,7-8H2,1H3. The monoisotopic (exact) mass is 282 g/mol. The van der Waals surface area contributed by atoms with Gasteiger partial charge in [0.05, 0.1) is 6.61 Å². The normalized spacial score (nSPS) is 21.4. The number of hydrogen-bond acceptors (Lipinski definition) is 5. The first-order valence-electron chi connectivity index (χ1n) is 6.35. The summed E-state index contributed by atoms with van der Waals surface area (Å²) in [6.45, 7) is 2.01. The van der Waals surface area contributed by atoms with Gasteiger partial charge >= 0.3 is 11.9 Å². The van der Waals surface area contributed by atoms with E-state index in [2.05, 4.69) is 0 Å². The minimum absolute atomic E-state index is 0.118. The average molecular weight is 282 g/mol. The lowest BCUT2D eigenvalue weighted by Gasteiger charge is -2.10. The Morgan fingerprint density at radius 3 is 2.75 bits per heavy atom. The Bertz CT molecular complexity index is 485. The molecule has 20 heavy (non-hydrogen) atoms. The average Bonchev–Trinajstić information content (AvgIpc) is 2.80. The Balaban J connectivity index is 1.85. The summed E-state index contributed by atoms with van der Waals surface area (Å²) >= 11 is 0. The molecule has 1 aliphatic rings. The third kappa shape index (κ3) is 3.46. The summed E-state index contributed by atoms with van der Waals surface area (Å²) in [5.74, 6) is -1.91. The van der Waals surface area contributed by atoms with Crippen LogP contribution in [0.15, 0.2) is 24.3 Å². The van der Waals surface area contributed by atoms with Crippen molar-refractivity contribution in [2.45, 2.75) is 19.4 Å². The summed E-state index contributed by atoms with van der Waals surface area (Å²) in [4.78, 5) is 23.0. The maximum Gasteiger partial charge on any atom is 0.320 e. The van der Waals surface area contributed by atoms with Crippen molar-refractivity contribution in [2.24, 2.45) is 5.92 Å². The van der Waals surface area contributed by atoms with Gasteiger partial charge in [-0.25, -0.2) is 4.39 Å². The Hall–Kier alpha value is -2.11. The first-order chi connectivity index (χ1) is 9.60. The first kappa shape index (κ1) is 14.3. The van der Waals surface area contributed by atoms with Gasteiger partial charge in [-0.2, -0.15) is 0 Å². The van der Waals surface area contributed by atoms with Gasteiger partial charge in [-0.15, -0.1) is 0 Å². The third-order valence-electron chi connectivity index (χ3n) is 2.89. The molecule has 1 aliphatic heterocycles. The fourth-order valence-corrected chi connectivity index (χ4v) is 1.91. The zero-order chi connectivity index (χ0) is 14.5. The molecule has 1 fully saturated rings. The SMILES string of the molecule is CCOC(=O)C1CC(COc2ccc(F)cc2)OC1=O. The van der Waals surface area contributed by atoms with Crippen LogP contribution >= 0.6 is 0 Å². The summed E-state index contributed by atoms with van der Waals surface area (Å²) in [5.41, 5.74) is 0. The van der Waals surface area contributed by atoms with Gasteiger partial charge in [0.15, 0.2) is 5.92 Å². The van der Waals surface area contributed by atoms with Crippen molar-refractivity contribution in [1.82, 2.24) is 0 Å². The molecule has 2 rings (SSSR count).